The first-order chi connectivity index (χ1) is 6.11. The van der Waals surface area contributed by atoms with E-state index in [9.17, 15) is 13.6 Å². The van der Waals surface area contributed by atoms with Gasteiger partial charge >= 0.3 is 5.97 Å². The summed E-state index contributed by atoms with van der Waals surface area (Å²) in [5.41, 5.74) is 0.220. The number of hydrogen-bond acceptors (Lipinski definition) is 2. The van der Waals surface area contributed by atoms with Crippen LogP contribution in [0.25, 0.3) is 0 Å². The molecule has 13 heavy (non-hydrogen) atoms. The van der Waals surface area contributed by atoms with Crippen LogP contribution < -0.4 is 0 Å². The fraction of sp³-hybridized carbons (Fsp3) is 0.375. The molecule has 0 amide bonds. The highest BCUT2D eigenvalue weighted by Crippen LogP contribution is 2.26. The molecule has 0 saturated heterocycles. The SMILES string of the molecule is O=C(O)CC(c1ccoc1)C(F)F. The largest absolute Gasteiger partial charge is 0.481 e. The summed E-state index contributed by atoms with van der Waals surface area (Å²) in [6.07, 6.45) is -0.891. The quantitative estimate of drug-likeness (QED) is 0.790. The van der Waals surface area contributed by atoms with Crippen LogP contribution in [0.2, 0.25) is 0 Å². The van der Waals surface area contributed by atoms with Gasteiger partial charge in [0.1, 0.15) is 0 Å². The van der Waals surface area contributed by atoms with Gasteiger partial charge in [-0.2, -0.15) is 0 Å². The van der Waals surface area contributed by atoms with Crippen LogP contribution in [-0.4, -0.2) is 17.5 Å². The monoisotopic (exact) mass is 190 g/mol. The molecule has 1 atom stereocenters. The molecule has 1 heterocycles. The van der Waals surface area contributed by atoms with Gasteiger partial charge in [0.25, 0.3) is 0 Å². The summed E-state index contributed by atoms with van der Waals surface area (Å²) in [5.74, 6) is -2.53. The van der Waals surface area contributed by atoms with Crippen molar-refractivity contribution in [2.75, 3.05) is 0 Å². The van der Waals surface area contributed by atoms with Crippen molar-refractivity contribution >= 4 is 5.97 Å². The topological polar surface area (TPSA) is 50.4 Å². The lowest BCUT2D eigenvalue weighted by molar-refractivity contribution is -0.138. The molecule has 5 heteroatoms. The smallest absolute Gasteiger partial charge is 0.304 e. The van der Waals surface area contributed by atoms with Crippen LogP contribution in [0.3, 0.4) is 0 Å². The maximum absolute atomic E-state index is 12.3. The Bertz CT molecular complexity index is 269. The average molecular weight is 190 g/mol. The van der Waals surface area contributed by atoms with E-state index in [4.69, 9.17) is 5.11 Å². The molecule has 0 spiro atoms. The molecular formula is C8H8F2O3. The van der Waals surface area contributed by atoms with Gasteiger partial charge in [-0.15, -0.1) is 0 Å². The minimum Gasteiger partial charge on any atom is -0.481 e. The summed E-state index contributed by atoms with van der Waals surface area (Å²) in [6.45, 7) is 0. The van der Waals surface area contributed by atoms with Crippen molar-refractivity contribution in [1.82, 2.24) is 0 Å². The zero-order valence-electron chi connectivity index (χ0n) is 6.61. The van der Waals surface area contributed by atoms with Crippen molar-refractivity contribution in [3.05, 3.63) is 24.2 Å². The third-order valence-electron chi connectivity index (χ3n) is 1.67. The fourth-order valence-electron chi connectivity index (χ4n) is 1.03. The van der Waals surface area contributed by atoms with Crippen LogP contribution in [0.4, 0.5) is 8.78 Å². The van der Waals surface area contributed by atoms with Crippen molar-refractivity contribution in [2.24, 2.45) is 0 Å². The van der Waals surface area contributed by atoms with Crippen LogP contribution in [0, 0.1) is 0 Å². The Morgan fingerprint density at radius 2 is 2.31 bits per heavy atom. The molecular weight excluding hydrogens is 182 g/mol. The van der Waals surface area contributed by atoms with Crippen molar-refractivity contribution < 1.29 is 23.1 Å². The molecule has 0 aliphatic rings. The summed E-state index contributed by atoms with van der Waals surface area (Å²) < 4.78 is 29.2. The number of carboxylic acids is 1. The molecule has 0 fully saturated rings. The van der Waals surface area contributed by atoms with E-state index in [1.807, 2.05) is 0 Å². The van der Waals surface area contributed by atoms with E-state index in [1.165, 1.54) is 12.3 Å². The highest BCUT2D eigenvalue weighted by Gasteiger charge is 2.25. The predicted octanol–water partition coefficient (Wildman–Crippen LogP) is 2.10. The molecule has 1 N–H and O–H groups in total. The lowest BCUT2D eigenvalue weighted by Gasteiger charge is -2.10. The van der Waals surface area contributed by atoms with E-state index in [2.05, 4.69) is 4.42 Å². The number of furan rings is 1. The molecule has 0 aliphatic carbocycles. The highest BCUT2D eigenvalue weighted by molar-refractivity contribution is 5.68. The van der Waals surface area contributed by atoms with E-state index >= 15 is 0 Å². The van der Waals surface area contributed by atoms with E-state index < -0.39 is 24.7 Å². The molecule has 1 rings (SSSR count). The van der Waals surface area contributed by atoms with E-state index in [0.717, 1.165) is 6.26 Å². The van der Waals surface area contributed by atoms with Crippen LogP contribution in [-0.2, 0) is 4.79 Å². The Morgan fingerprint density at radius 3 is 2.69 bits per heavy atom. The Kier molecular flexibility index (Phi) is 3.00. The van der Waals surface area contributed by atoms with E-state index in [-0.39, 0.29) is 5.56 Å². The molecule has 0 aliphatic heterocycles. The molecule has 1 unspecified atom stereocenters. The molecule has 3 nitrogen and oxygen atoms in total. The van der Waals surface area contributed by atoms with Gasteiger partial charge < -0.3 is 9.52 Å². The zero-order valence-corrected chi connectivity index (χ0v) is 6.61. The predicted molar refractivity (Wildman–Crippen MR) is 39.7 cm³/mol. The molecule has 0 radical (unpaired) electrons. The molecule has 0 saturated carbocycles. The normalized spacial score (nSPS) is 13.2. The Balaban J connectivity index is 2.74. The zero-order chi connectivity index (χ0) is 9.84. The summed E-state index contributed by atoms with van der Waals surface area (Å²) in [5, 5.41) is 8.37. The second-order valence-corrected chi connectivity index (χ2v) is 2.60. The van der Waals surface area contributed by atoms with Gasteiger partial charge in [0.05, 0.1) is 24.9 Å². The minimum absolute atomic E-state index is 0.220. The van der Waals surface area contributed by atoms with Crippen molar-refractivity contribution in [3.8, 4) is 0 Å². The second-order valence-electron chi connectivity index (χ2n) is 2.60. The summed E-state index contributed by atoms with van der Waals surface area (Å²) in [6, 6.07) is 1.35. The second kappa shape index (κ2) is 4.02. The molecule has 0 bridgehead atoms. The van der Waals surface area contributed by atoms with Gasteiger partial charge in [0.2, 0.25) is 6.43 Å². The standard InChI is InChI=1S/C8H8F2O3/c9-8(10)6(3-7(11)12)5-1-2-13-4-5/h1-2,4,6,8H,3H2,(H,11,12). The average Bonchev–Trinajstić information content (AvgIpc) is 2.50. The number of alkyl halides is 2. The van der Waals surface area contributed by atoms with Gasteiger partial charge in [0, 0.05) is 0 Å². The number of carbonyl (C=O) groups is 1. The summed E-state index contributed by atoms with van der Waals surface area (Å²) >= 11 is 0. The van der Waals surface area contributed by atoms with Gasteiger partial charge in [-0.3, -0.25) is 4.79 Å². The number of carboxylic acid groups (broad SMARTS) is 1. The van der Waals surface area contributed by atoms with Crippen molar-refractivity contribution in [2.45, 2.75) is 18.8 Å². The Hall–Kier alpha value is -1.39. The molecule has 1 aromatic heterocycles. The first-order valence-corrected chi connectivity index (χ1v) is 3.63. The minimum atomic E-state index is -2.69. The van der Waals surface area contributed by atoms with Crippen molar-refractivity contribution in [1.29, 1.82) is 0 Å². The maximum atomic E-state index is 12.3. The Morgan fingerprint density at radius 1 is 1.62 bits per heavy atom. The number of hydrogen-bond donors (Lipinski definition) is 1. The number of rotatable bonds is 4. The fourth-order valence-corrected chi connectivity index (χ4v) is 1.03. The van der Waals surface area contributed by atoms with Crippen LogP contribution in [0.1, 0.15) is 17.9 Å². The van der Waals surface area contributed by atoms with Crippen LogP contribution in [0.15, 0.2) is 23.0 Å². The summed E-state index contributed by atoms with van der Waals surface area (Å²) in [7, 11) is 0. The first kappa shape index (κ1) is 9.70. The van der Waals surface area contributed by atoms with E-state index in [0.29, 0.717) is 0 Å². The third kappa shape index (κ3) is 2.54. The molecule has 72 valence electrons. The number of halogens is 2. The first-order valence-electron chi connectivity index (χ1n) is 3.63. The Labute approximate surface area is 73.0 Å². The summed E-state index contributed by atoms with van der Waals surface area (Å²) in [4.78, 5) is 10.2. The lowest BCUT2D eigenvalue weighted by Crippen LogP contribution is -2.13. The number of aliphatic carboxylic acids is 1. The molecule has 1 aromatic rings. The third-order valence-corrected chi connectivity index (χ3v) is 1.67. The van der Waals surface area contributed by atoms with Gasteiger partial charge in [0.15, 0.2) is 0 Å². The van der Waals surface area contributed by atoms with Gasteiger partial charge in [-0.25, -0.2) is 8.78 Å². The van der Waals surface area contributed by atoms with Crippen LogP contribution in [0.5, 0.6) is 0 Å². The van der Waals surface area contributed by atoms with Gasteiger partial charge in [-0.1, -0.05) is 0 Å². The van der Waals surface area contributed by atoms with Crippen molar-refractivity contribution in [3.63, 3.8) is 0 Å². The molecule has 0 aromatic carbocycles. The van der Waals surface area contributed by atoms with Crippen LogP contribution >= 0.6 is 0 Å². The maximum Gasteiger partial charge on any atom is 0.304 e. The highest BCUT2D eigenvalue weighted by atomic mass is 19.3. The lowest BCUT2D eigenvalue weighted by atomic mass is 9.99. The van der Waals surface area contributed by atoms with E-state index in [1.54, 1.807) is 0 Å². The van der Waals surface area contributed by atoms with Gasteiger partial charge in [-0.05, 0) is 11.6 Å².